The van der Waals surface area contributed by atoms with Crippen molar-refractivity contribution in [2.24, 2.45) is 5.92 Å². The van der Waals surface area contributed by atoms with Gasteiger partial charge in [-0.1, -0.05) is 19.9 Å². The van der Waals surface area contributed by atoms with Gasteiger partial charge in [0.05, 0.1) is 11.0 Å². The van der Waals surface area contributed by atoms with Crippen molar-refractivity contribution in [3.63, 3.8) is 0 Å². The lowest BCUT2D eigenvalue weighted by molar-refractivity contribution is 0.0714. The summed E-state index contributed by atoms with van der Waals surface area (Å²) >= 11 is 0. The number of hydrogen-bond acceptors (Lipinski definition) is 3. The van der Waals surface area contributed by atoms with E-state index in [9.17, 15) is 4.79 Å². The van der Waals surface area contributed by atoms with E-state index in [4.69, 9.17) is 4.74 Å². The SMILES string of the molecule is CC.COCC1CCC(N2CCC(n3c(=O)[nH]c4ccc(C)cc43)CC2)CC1. The van der Waals surface area contributed by atoms with Gasteiger partial charge in [-0.05, 0) is 69.1 Å². The number of piperidine rings is 1. The molecule has 1 aliphatic heterocycles. The van der Waals surface area contributed by atoms with Gasteiger partial charge < -0.3 is 14.6 Å². The fourth-order valence-corrected chi connectivity index (χ4v) is 5.02. The smallest absolute Gasteiger partial charge is 0.326 e. The van der Waals surface area contributed by atoms with Crippen LogP contribution < -0.4 is 5.69 Å². The maximum Gasteiger partial charge on any atom is 0.326 e. The van der Waals surface area contributed by atoms with Crippen molar-refractivity contribution in [1.29, 1.82) is 0 Å². The topological polar surface area (TPSA) is 50.3 Å². The van der Waals surface area contributed by atoms with E-state index in [1.165, 1.54) is 31.2 Å². The van der Waals surface area contributed by atoms with Gasteiger partial charge in [-0.2, -0.15) is 0 Å². The summed E-state index contributed by atoms with van der Waals surface area (Å²) in [7, 11) is 1.81. The molecule has 0 amide bonds. The maximum absolute atomic E-state index is 12.5. The van der Waals surface area contributed by atoms with E-state index in [2.05, 4.69) is 28.9 Å². The van der Waals surface area contributed by atoms with Gasteiger partial charge in [0.25, 0.3) is 0 Å². The number of aromatic nitrogens is 2. The predicted molar refractivity (Wildman–Crippen MR) is 116 cm³/mol. The minimum absolute atomic E-state index is 0.0455. The average molecular weight is 388 g/mol. The van der Waals surface area contributed by atoms with E-state index in [0.29, 0.717) is 6.04 Å². The van der Waals surface area contributed by atoms with Crippen molar-refractivity contribution in [3.05, 3.63) is 34.2 Å². The van der Waals surface area contributed by atoms with Gasteiger partial charge in [0.1, 0.15) is 0 Å². The molecule has 2 aliphatic rings. The summed E-state index contributed by atoms with van der Waals surface area (Å²) in [6.45, 7) is 9.21. The summed E-state index contributed by atoms with van der Waals surface area (Å²) in [5, 5.41) is 0. The van der Waals surface area contributed by atoms with Crippen LogP contribution in [-0.4, -0.2) is 47.3 Å². The molecule has 0 spiro atoms. The number of methoxy groups -OCH3 is 1. The summed E-state index contributed by atoms with van der Waals surface area (Å²) in [6, 6.07) is 7.27. The van der Waals surface area contributed by atoms with Gasteiger partial charge in [0.2, 0.25) is 0 Å². The van der Waals surface area contributed by atoms with Crippen LogP contribution in [0.15, 0.2) is 23.0 Å². The van der Waals surface area contributed by atoms with Crippen LogP contribution in [0, 0.1) is 12.8 Å². The molecule has 1 N–H and O–H groups in total. The molecule has 5 nitrogen and oxygen atoms in total. The van der Waals surface area contributed by atoms with E-state index < -0.39 is 0 Å². The van der Waals surface area contributed by atoms with Gasteiger partial charge >= 0.3 is 5.69 Å². The molecule has 28 heavy (non-hydrogen) atoms. The van der Waals surface area contributed by atoms with Crippen molar-refractivity contribution in [2.45, 2.75) is 71.4 Å². The Morgan fingerprint density at radius 3 is 2.36 bits per heavy atom. The number of hydrogen-bond donors (Lipinski definition) is 1. The fraction of sp³-hybridized carbons (Fsp3) is 0.696. The summed E-state index contributed by atoms with van der Waals surface area (Å²) in [4.78, 5) is 18.2. The van der Waals surface area contributed by atoms with Crippen LogP contribution in [0.4, 0.5) is 0 Å². The number of fused-ring (bicyclic) bond motifs is 1. The Morgan fingerprint density at radius 2 is 1.71 bits per heavy atom. The molecule has 0 unspecified atom stereocenters. The van der Waals surface area contributed by atoms with E-state index in [1.807, 2.05) is 31.6 Å². The molecule has 1 aliphatic carbocycles. The van der Waals surface area contributed by atoms with E-state index >= 15 is 0 Å². The highest BCUT2D eigenvalue weighted by atomic mass is 16.5. The maximum atomic E-state index is 12.5. The first kappa shape index (κ1) is 21.1. The minimum Gasteiger partial charge on any atom is -0.384 e. The van der Waals surface area contributed by atoms with Crippen LogP contribution in [0.25, 0.3) is 11.0 Å². The van der Waals surface area contributed by atoms with Crippen molar-refractivity contribution in [3.8, 4) is 0 Å². The fourth-order valence-electron chi connectivity index (χ4n) is 5.02. The molecule has 1 aromatic heterocycles. The second kappa shape index (κ2) is 9.75. The number of rotatable bonds is 4. The minimum atomic E-state index is 0.0455. The number of aromatic amines is 1. The molecule has 2 heterocycles. The Balaban J connectivity index is 0.00000109. The standard InChI is InChI=1S/C21H31N3O2.C2H6/c1-15-3-8-19-20(13-15)24(21(25)22-19)18-9-11-23(12-10-18)17-6-4-16(5-7-17)14-26-2;1-2/h3,8,13,16-18H,4-7,9-12,14H2,1-2H3,(H,22,25);1-2H3. The Hall–Kier alpha value is -1.59. The third-order valence-electron chi connectivity index (χ3n) is 6.47. The number of nitrogens with zero attached hydrogens (tertiary/aromatic N) is 2. The second-order valence-electron chi connectivity index (χ2n) is 8.22. The van der Waals surface area contributed by atoms with E-state index in [1.54, 1.807) is 0 Å². The number of ether oxygens (including phenoxy) is 1. The van der Waals surface area contributed by atoms with Gasteiger partial charge in [-0.25, -0.2) is 4.79 Å². The Labute approximate surface area is 169 Å². The van der Waals surface area contributed by atoms with Gasteiger partial charge in [0, 0.05) is 38.9 Å². The van der Waals surface area contributed by atoms with Gasteiger partial charge in [0.15, 0.2) is 0 Å². The second-order valence-corrected chi connectivity index (χ2v) is 8.22. The number of nitrogens with one attached hydrogen (secondary N) is 1. The number of benzene rings is 1. The zero-order valence-corrected chi connectivity index (χ0v) is 18.0. The first-order chi connectivity index (χ1) is 13.7. The lowest BCUT2D eigenvalue weighted by Crippen LogP contribution is -2.44. The average Bonchev–Trinajstić information content (AvgIpc) is 3.05. The van der Waals surface area contributed by atoms with Crippen LogP contribution in [0.3, 0.4) is 0 Å². The highest BCUT2D eigenvalue weighted by Crippen LogP contribution is 2.32. The molecule has 0 atom stereocenters. The Morgan fingerprint density at radius 1 is 1.04 bits per heavy atom. The molecule has 1 saturated carbocycles. The molecule has 5 heteroatoms. The Bertz CT molecular complexity index is 794. The normalized spacial score (nSPS) is 24.1. The molecular formula is C23H37N3O2. The molecule has 1 saturated heterocycles. The van der Waals surface area contributed by atoms with Crippen molar-refractivity contribution in [2.75, 3.05) is 26.8 Å². The zero-order chi connectivity index (χ0) is 20.1. The summed E-state index contributed by atoms with van der Waals surface area (Å²) < 4.78 is 7.33. The number of H-pyrrole nitrogens is 1. The first-order valence-electron chi connectivity index (χ1n) is 11.1. The van der Waals surface area contributed by atoms with Crippen LogP contribution in [-0.2, 0) is 4.74 Å². The largest absolute Gasteiger partial charge is 0.384 e. The predicted octanol–water partition coefficient (Wildman–Crippen LogP) is 4.51. The molecule has 1 aromatic carbocycles. The summed E-state index contributed by atoms with van der Waals surface area (Å²) in [5.74, 6) is 0.752. The lowest BCUT2D eigenvalue weighted by Gasteiger charge is -2.41. The monoisotopic (exact) mass is 387 g/mol. The van der Waals surface area contributed by atoms with Crippen LogP contribution in [0.1, 0.15) is 64.0 Å². The van der Waals surface area contributed by atoms with Crippen LogP contribution in [0.5, 0.6) is 0 Å². The van der Waals surface area contributed by atoms with Crippen molar-refractivity contribution < 1.29 is 4.74 Å². The van der Waals surface area contributed by atoms with Crippen LogP contribution >= 0.6 is 0 Å². The molecule has 0 radical (unpaired) electrons. The zero-order valence-electron chi connectivity index (χ0n) is 18.0. The van der Waals surface area contributed by atoms with Gasteiger partial charge in [-0.3, -0.25) is 4.57 Å². The summed E-state index contributed by atoms with van der Waals surface area (Å²) in [6.07, 6.45) is 7.31. The molecular weight excluding hydrogens is 350 g/mol. The lowest BCUT2D eigenvalue weighted by atomic mass is 9.85. The van der Waals surface area contributed by atoms with E-state index in [-0.39, 0.29) is 5.69 Å². The van der Waals surface area contributed by atoms with Gasteiger partial charge in [-0.15, -0.1) is 0 Å². The highest BCUT2D eigenvalue weighted by Gasteiger charge is 2.30. The number of likely N-dealkylation sites (tertiary alicyclic amines) is 1. The summed E-state index contributed by atoms with van der Waals surface area (Å²) in [5.41, 5.74) is 3.27. The quantitative estimate of drug-likeness (QED) is 0.840. The molecule has 2 aromatic rings. The Kier molecular flexibility index (Phi) is 7.36. The molecule has 2 fully saturated rings. The molecule has 4 rings (SSSR count). The van der Waals surface area contributed by atoms with Crippen molar-refractivity contribution in [1.82, 2.24) is 14.5 Å². The third kappa shape index (κ3) is 4.52. The van der Waals surface area contributed by atoms with Crippen molar-refractivity contribution >= 4 is 11.0 Å². The van der Waals surface area contributed by atoms with Crippen LogP contribution in [0.2, 0.25) is 0 Å². The third-order valence-corrected chi connectivity index (χ3v) is 6.47. The molecule has 156 valence electrons. The molecule has 0 bridgehead atoms. The number of imidazole rings is 1. The first-order valence-corrected chi connectivity index (χ1v) is 11.1. The number of aryl methyl sites for hydroxylation is 1. The van der Waals surface area contributed by atoms with E-state index in [0.717, 1.165) is 55.5 Å². The highest BCUT2D eigenvalue weighted by molar-refractivity contribution is 5.76.